The van der Waals surface area contributed by atoms with Gasteiger partial charge in [-0.05, 0) is 31.5 Å². The number of halogens is 2. The molecule has 1 aliphatic rings. The van der Waals surface area contributed by atoms with Crippen LogP contribution in [0.2, 0.25) is 10.0 Å². The predicted molar refractivity (Wildman–Crippen MR) is 83.0 cm³/mol. The molecule has 0 bridgehead atoms. The van der Waals surface area contributed by atoms with E-state index in [1.54, 1.807) is 0 Å². The first kappa shape index (κ1) is 14.5. The van der Waals surface area contributed by atoms with Gasteiger partial charge in [-0.3, -0.25) is 0 Å². The quantitative estimate of drug-likeness (QED) is 0.828. The minimum Gasteiger partial charge on any atom is -0.312 e. The van der Waals surface area contributed by atoms with Gasteiger partial charge in [0.2, 0.25) is 0 Å². The van der Waals surface area contributed by atoms with Gasteiger partial charge in [-0.1, -0.05) is 48.2 Å². The Bertz CT molecular complexity index is 391. The summed E-state index contributed by atoms with van der Waals surface area (Å²) in [6, 6.07) is 6.14. The number of rotatable bonds is 5. The van der Waals surface area contributed by atoms with Gasteiger partial charge in [0.15, 0.2) is 0 Å². The Hall–Kier alpha value is 0.110. The molecule has 1 aliphatic carbocycles. The molecule has 0 spiro atoms. The van der Waals surface area contributed by atoms with Crippen molar-refractivity contribution in [1.82, 2.24) is 5.32 Å². The van der Waals surface area contributed by atoms with E-state index in [1.165, 1.54) is 25.7 Å². The molecule has 1 nitrogen and oxygen atoms in total. The zero-order valence-corrected chi connectivity index (χ0v) is 12.9. The molecule has 1 saturated carbocycles. The number of nitrogens with one attached hydrogen (secondary N) is 1. The number of benzene rings is 1. The standard InChI is InChI=1S/C14H19Cl2NS/c1-17-13(9-18-10-5-2-3-6-10)11-7-4-8-12(15)14(11)16/h4,7-8,10,13,17H,2-3,5-6,9H2,1H3. The van der Waals surface area contributed by atoms with E-state index in [2.05, 4.69) is 23.1 Å². The molecule has 1 aromatic rings. The second-order valence-corrected chi connectivity index (χ2v) is 6.84. The highest BCUT2D eigenvalue weighted by molar-refractivity contribution is 7.99. The van der Waals surface area contributed by atoms with Crippen LogP contribution >= 0.6 is 35.0 Å². The molecule has 0 heterocycles. The van der Waals surface area contributed by atoms with Crippen LogP contribution < -0.4 is 5.32 Å². The largest absolute Gasteiger partial charge is 0.312 e. The third-order valence-electron chi connectivity index (χ3n) is 3.51. The van der Waals surface area contributed by atoms with Crippen LogP contribution in [0.15, 0.2) is 18.2 Å². The molecule has 0 amide bonds. The summed E-state index contributed by atoms with van der Waals surface area (Å²) in [7, 11) is 1.98. The first-order chi connectivity index (χ1) is 8.72. The van der Waals surface area contributed by atoms with Crippen molar-refractivity contribution in [2.45, 2.75) is 37.0 Å². The molecular weight excluding hydrogens is 285 g/mol. The molecule has 0 aromatic heterocycles. The summed E-state index contributed by atoms with van der Waals surface area (Å²) in [5, 5.41) is 5.50. The van der Waals surface area contributed by atoms with Crippen molar-refractivity contribution in [3.05, 3.63) is 33.8 Å². The minimum absolute atomic E-state index is 0.279. The van der Waals surface area contributed by atoms with E-state index in [9.17, 15) is 0 Å². The van der Waals surface area contributed by atoms with Crippen LogP contribution in [0.25, 0.3) is 0 Å². The highest BCUT2D eigenvalue weighted by atomic mass is 35.5. The molecule has 100 valence electrons. The van der Waals surface area contributed by atoms with Gasteiger partial charge < -0.3 is 5.32 Å². The van der Waals surface area contributed by atoms with Crippen molar-refractivity contribution in [2.75, 3.05) is 12.8 Å². The second-order valence-electron chi connectivity index (χ2n) is 4.72. The molecule has 1 N–H and O–H groups in total. The maximum absolute atomic E-state index is 6.28. The third-order valence-corrected chi connectivity index (χ3v) is 5.81. The summed E-state index contributed by atoms with van der Waals surface area (Å²) in [6.45, 7) is 0. The maximum Gasteiger partial charge on any atom is 0.0640 e. The summed E-state index contributed by atoms with van der Waals surface area (Å²) in [5.74, 6) is 1.06. The van der Waals surface area contributed by atoms with Crippen molar-refractivity contribution in [3.8, 4) is 0 Å². The normalized spacial score (nSPS) is 18.2. The lowest BCUT2D eigenvalue weighted by Gasteiger charge is -2.20. The molecule has 18 heavy (non-hydrogen) atoms. The summed E-state index contributed by atoms with van der Waals surface area (Å²) >= 11 is 14.4. The Kier molecular flexibility index (Phi) is 5.68. The fraction of sp³-hybridized carbons (Fsp3) is 0.571. The van der Waals surface area contributed by atoms with Crippen molar-refractivity contribution in [1.29, 1.82) is 0 Å². The Morgan fingerprint density at radius 2 is 2.06 bits per heavy atom. The van der Waals surface area contributed by atoms with Crippen molar-refractivity contribution < 1.29 is 0 Å². The molecule has 4 heteroatoms. The molecule has 0 aliphatic heterocycles. The van der Waals surface area contributed by atoms with Crippen LogP contribution in [-0.4, -0.2) is 18.1 Å². The van der Waals surface area contributed by atoms with Crippen molar-refractivity contribution >= 4 is 35.0 Å². The lowest BCUT2D eigenvalue weighted by molar-refractivity contribution is 0.660. The van der Waals surface area contributed by atoms with Crippen LogP contribution in [0.3, 0.4) is 0 Å². The summed E-state index contributed by atoms with van der Waals surface area (Å²) in [5.41, 5.74) is 1.11. The number of hydrogen-bond acceptors (Lipinski definition) is 2. The van der Waals surface area contributed by atoms with E-state index in [-0.39, 0.29) is 6.04 Å². The summed E-state index contributed by atoms with van der Waals surface area (Å²) in [4.78, 5) is 0. The van der Waals surface area contributed by atoms with Crippen molar-refractivity contribution in [3.63, 3.8) is 0 Å². The zero-order chi connectivity index (χ0) is 13.0. The van der Waals surface area contributed by atoms with Gasteiger partial charge in [-0.25, -0.2) is 0 Å². The van der Waals surface area contributed by atoms with Gasteiger partial charge in [0.05, 0.1) is 10.0 Å². The highest BCUT2D eigenvalue weighted by Gasteiger charge is 2.19. The number of thioether (sulfide) groups is 1. The smallest absolute Gasteiger partial charge is 0.0640 e. The van der Waals surface area contributed by atoms with Gasteiger partial charge in [-0.2, -0.15) is 11.8 Å². The van der Waals surface area contributed by atoms with Gasteiger partial charge in [-0.15, -0.1) is 0 Å². The van der Waals surface area contributed by atoms with Crippen LogP contribution in [0.5, 0.6) is 0 Å². The molecule has 1 fully saturated rings. The minimum atomic E-state index is 0.279. The predicted octanol–water partition coefficient (Wildman–Crippen LogP) is 4.93. The SMILES string of the molecule is CNC(CSC1CCCC1)c1cccc(Cl)c1Cl. The number of hydrogen-bond donors (Lipinski definition) is 1. The Balaban J connectivity index is 2.00. The summed E-state index contributed by atoms with van der Waals surface area (Å²) in [6.07, 6.45) is 5.51. The fourth-order valence-electron chi connectivity index (χ4n) is 2.41. The first-order valence-electron chi connectivity index (χ1n) is 6.45. The maximum atomic E-state index is 6.28. The highest BCUT2D eigenvalue weighted by Crippen LogP contribution is 2.35. The van der Waals surface area contributed by atoms with Crippen LogP contribution in [0.4, 0.5) is 0 Å². The molecule has 0 radical (unpaired) electrons. The third kappa shape index (κ3) is 3.57. The van der Waals surface area contributed by atoms with Crippen LogP contribution in [0.1, 0.15) is 37.3 Å². The van der Waals surface area contributed by atoms with E-state index >= 15 is 0 Å². The molecule has 2 rings (SSSR count). The van der Waals surface area contributed by atoms with E-state index in [0.29, 0.717) is 10.0 Å². The molecular formula is C14H19Cl2NS. The second kappa shape index (κ2) is 7.04. The Labute approximate surface area is 124 Å². The molecule has 0 saturated heterocycles. The fourth-order valence-corrected chi connectivity index (χ4v) is 4.32. The van der Waals surface area contributed by atoms with Crippen LogP contribution in [0, 0.1) is 0 Å². The lowest BCUT2D eigenvalue weighted by Crippen LogP contribution is -2.20. The first-order valence-corrected chi connectivity index (χ1v) is 8.25. The van der Waals surface area contributed by atoms with E-state index in [0.717, 1.165) is 16.6 Å². The van der Waals surface area contributed by atoms with E-state index < -0.39 is 0 Å². The van der Waals surface area contributed by atoms with Crippen molar-refractivity contribution in [2.24, 2.45) is 0 Å². The average molecular weight is 304 g/mol. The molecule has 1 aromatic carbocycles. The summed E-state index contributed by atoms with van der Waals surface area (Å²) < 4.78 is 0. The molecule has 1 unspecified atom stereocenters. The monoisotopic (exact) mass is 303 g/mol. The van der Waals surface area contributed by atoms with E-state index in [1.807, 2.05) is 19.2 Å². The topological polar surface area (TPSA) is 12.0 Å². The van der Waals surface area contributed by atoms with Gasteiger partial charge in [0, 0.05) is 17.0 Å². The zero-order valence-electron chi connectivity index (χ0n) is 10.6. The van der Waals surface area contributed by atoms with Crippen LogP contribution in [-0.2, 0) is 0 Å². The average Bonchev–Trinajstić information content (AvgIpc) is 2.88. The van der Waals surface area contributed by atoms with Gasteiger partial charge >= 0.3 is 0 Å². The van der Waals surface area contributed by atoms with Gasteiger partial charge in [0.1, 0.15) is 0 Å². The lowest BCUT2D eigenvalue weighted by atomic mass is 10.1. The van der Waals surface area contributed by atoms with E-state index in [4.69, 9.17) is 23.2 Å². The Morgan fingerprint density at radius 3 is 2.72 bits per heavy atom. The van der Waals surface area contributed by atoms with Gasteiger partial charge in [0.25, 0.3) is 0 Å². The Morgan fingerprint density at radius 1 is 1.33 bits per heavy atom. The molecule has 1 atom stereocenters.